The summed E-state index contributed by atoms with van der Waals surface area (Å²) < 4.78 is 4.78. The molecule has 2 unspecified atom stereocenters. The first kappa shape index (κ1) is 20.9. The van der Waals surface area contributed by atoms with Gasteiger partial charge >= 0.3 is 11.9 Å². The van der Waals surface area contributed by atoms with Crippen LogP contribution in [-0.2, 0) is 24.7 Å². The SMILES string of the molecule is CC(NC(=O)COC(=O)/C=C/C(=O)O)(c1ccccc1)C(N)c1ccccc1. The molecule has 2 rings (SSSR count). The van der Waals surface area contributed by atoms with Gasteiger partial charge in [-0.3, -0.25) is 4.79 Å². The molecule has 2 atom stereocenters. The highest BCUT2D eigenvalue weighted by Crippen LogP contribution is 2.33. The smallest absolute Gasteiger partial charge is 0.331 e. The molecular formula is C21H22N2O5. The lowest BCUT2D eigenvalue weighted by Gasteiger charge is -2.37. The van der Waals surface area contributed by atoms with Crippen LogP contribution in [0, 0.1) is 0 Å². The van der Waals surface area contributed by atoms with Crippen LogP contribution in [-0.4, -0.2) is 29.6 Å². The van der Waals surface area contributed by atoms with E-state index in [4.69, 9.17) is 15.6 Å². The van der Waals surface area contributed by atoms with Crippen molar-refractivity contribution in [3.63, 3.8) is 0 Å². The second-order valence-corrected chi connectivity index (χ2v) is 6.28. The van der Waals surface area contributed by atoms with Crippen molar-refractivity contribution in [3.05, 3.63) is 83.9 Å². The molecule has 2 aromatic carbocycles. The first-order chi connectivity index (χ1) is 13.3. The first-order valence-corrected chi connectivity index (χ1v) is 8.58. The van der Waals surface area contributed by atoms with Gasteiger partial charge in [0, 0.05) is 12.2 Å². The molecule has 2 aromatic rings. The molecule has 28 heavy (non-hydrogen) atoms. The zero-order valence-electron chi connectivity index (χ0n) is 15.4. The van der Waals surface area contributed by atoms with E-state index in [-0.39, 0.29) is 0 Å². The number of aliphatic carboxylic acids is 1. The first-order valence-electron chi connectivity index (χ1n) is 8.58. The van der Waals surface area contributed by atoms with Crippen molar-refractivity contribution in [2.75, 3.05) is 6.61 Å². The van der Waals surface area contributed by atoms with Crippen LogP contribution >= 0.6 is 0 Å². The molecule has 0 saturated heterocycles. The molecule has 0 aliphatic heterocycles. The number of nitrogens with one attached hydrogen (secondary N) is 1. The molecule has 146 valence electrons. The third-order valence-corrected chi connectivity index (χ3v) is 4.26. The molecule has 0 bridgehead atoms. The molecule has 0 aromatic heterocycles. The Morgan fingerprint density at radius 1 is 1.07 bits per heavy atom. The summed E-state index contributed by atoms with van der Waals surface area (Å²) in [7, 11) is 0. The Morgan fingerprint density at radius 3 is 2.21 bits per heavy atom. The van der Waals surface area contributed by atoms with Gasteiger partial charge in [0.1, 0.15) is 0 Å². The van der Waals surface area contributed by atoms with Crippen LogP contribution in [0.15, 0.2) is 72.8 Å². The third kappa shape index (κ3) is 5.52. The third-order valence-electron chi connectivity index (χ3n) is 4.26. The molecule has 0 aliphatic carbocycles. The molecule has 7 heteroatoms. The Bertz CT molecular complexity index is 852. The Kier molecular flexibility index (Phi) is 7.06. The highest BCUT2D eigenvalue weighted by Gasteiger charge is 2.36. The van der Waals surface area contributed by atoms with Gasteiger partial charge < -0.3 is 20.9 Å². The molecule has 0 radical (unpaired) electrons. The monoisotopic (exact) mass is 382 g/mol. The maximum absolute atomic E-state index is 12.4. The van der Waals surface area contributed by atoms with E-state index >= 15 is 0 Å². The van der Waals surface area contributed by atoms with E-state index in [0.29, 0.717) is 6.08 Å². The van der Waals surface area contributed by atoms with Crippen molar-refractivity contribution < 1.29 is 24.2 Å². The van der Waals surface area contributed by atoms with Gasteiger partial charge in [-0.25, -0.2) is 9.59 Å². The van der Waals surface area contributed by atoms with E-state index in [0.717, 1.165) is 17.2 Å². The minimum Gasteiger partial charge on any atom is -0.478 e. The maximum atomic E-state index is 12.4. The molecule has 1 amide bonds. The lowest BCUT2D eigenvalue weighted by atomic mass is 9.81. The van der Waals surface area contributed by atoms with Crippen LogP contribution in [0.25, 0.3) is 0 Å². The summed E-state index contributed by atoms with van der Waals surface area (Å²) in [6, 6.07) is 18.0. The van der Waals surface area contributed by atoms with Crippen LogP contribution in [0.2, 0.25) is 0 Å². The number of esters is 1. The van der Waals surface area contributed by atoms with Gasteiger partial charge in [0.2, 0.25) is 0 Å². The number of amides is 1. The second-order valence-electron chi connectivity index (χ2n) is 6.28. The lowest BCUT2D eigenvalue weighted by molar-refractivity contribution is -0.144. The van der Waals surface area contributed by atoms with Gasteiger partial charge in [0.15, 0.2) is 6.61 Å². The fourth-order valence-corrected chi connectivity index (χ4v) is 2.76. The van der Waals surface area contributed by atoms with Gasteiger partial charge in [-0.05, 0) is 18.1 Å². The van der Waals surface area contributed by atoms with Crippen molar-refractivity contribution in [1.29, 1.82) is 0 Å². The molecule has 4 N–H and O–H groups in total. The highest BCUT2D eigenvalue weighted by molar-refractivity contribution is 5.92. The maximum Gasteiger partial charge on any atom is 0.331 e. The van der Waals surface area contributed by atoms with Crippen LogP contribution in [0.1, 0.15) is 24.1 Å². The second kappa shape index (κ2) is 9.48. The fourth-order valence-electron chi connectivity index (χ4n) is 2.76. The minimum atomic E-state index is -1.29. The average molecular weight is 382 g/mol. The molecule has 0 saturated carbocycles. The van der Waals surface area contributed by atoms with Crippen molar-refractivity contribution in [2.45, 2.75) is 18.5 Å². The molecular weight excluding hydrogens is 360 g/mol. The van der Waals surface area contributed by atoms with Crippen LogP contribution < -0.4 is 11.1 Å². The van der Waals surface area contributed by atoms with E-state index in [2.05, 4.69) is 5.32 Å². The molecule has 0 fully saturated rings. The zero-order valence-corrected chi connectivity index (χ0v) is 15.4. The number of carboxylic acid groups (broad SMARTS) is 1. The Balaban J connectivity index is 2.18. The fraction of sp³-hybridized carbons (Fsp3) is 0.190. The number of benzene rings is 2. The number of rotatable bonds is 8. The predicted molar refractivity (Wildman–Crippen MR) is 103 cm³/mol. The Labute approximate surface area is 162 Å². The van der Waals surface area contributed by atoms with Crippen molar-refractivity contribution in [1.82, 2.24) is 5.32 Å². The van der Waals surface area contributed by atoms with Crippen molar-refractivity contribution in [2.24, 2.45) is 5.73 Å². The topological polar surface area (TPSA) is 119 Å². The molecule has 7 nitrogen and oxygen atoms in total. The van der Waals surface area contributed by atoms with Crippen LogP contribution in [0.5, 0.6) is 0 Å². The number of carbonyl (C=O) groups is 3. The number of hydrogen-bond donors (Lipinski definition) is 3. The number of carboxylic acids is 1. The quantitative estimate of drug-likeness (QED) is 0.474. The molecule has 0 spiro atoms. The van der Waals surface area contributed by atoms with Gasteiger partial charge in [0.25, 0.3) is 5.91 Å². The molecule has 0 aliphatic rings. The summed E-state index contributed by atoms with van der Waals surface area (Å²) in [5.41, 5.74) is 7.14. The number of carbonyl (C=O) groups excluding carboxylic acids is 2. The highest BCUT2D eigenvalue weighted by atomic mass is 16.5. The molecule has 0 heterocycles. The Morgan fingerprint density at radius 2 is 1.64 bits per heavy atom. The number of ether oxygens (including phenoxy) is 1. The van der Waals surface area contributed by atoms with Crippen LogP contribution in [0.4, 0.5) is 0 Å². The Hall–Kier alpha value is -3.45. The summed E-state index contributed by atoms with van der Waals surface area (Å²) >= 11 is 0. The normalized spacial score (nSPS) is 14.1. The van der Waals surface area contributed by atoms with E-state index in [1.807, 2.05) is 60.7 Å². The van der Waals surface area contributed by atoms with E-state index in [1.165, 1.54) is 0 Å². The summed E-state index contributed by atoms with van der Waals surface area (Å²) in [6.07, 6.45) is 1.38. The minimum absolute atomic E-state index is 0.560. The lowest BCUT2D eigenvalue weighted by Crippen LogP contribution is -2.51. The van der Waals surface area contributed by atoms with Gasteiger partial charge in [-0.2, -0.15) is 0 Å². The van der Waals surface area contributed by atoms with E-state index in [1.54, 1.807) is 6.92 Å². The van der Waals surface area contributed by atoms with Gasteiger partial charge in [0.05, 0.1) is 11.6 Å². The summed E-state index contributed by atoms with van der Waals surface area (Å²) in [5, 5.41) is 11.3. The van der Waals surface area contributed by atoms with Crippen molar-refractivity contribution in [3.8, 4) is 0 Å². The van der Waals surface area contributed by atoms with Gasteiger partial charge in [-0.1, -0.05) is 60.7 Å². The summed E-state index contributed by atoms with van der Waals surface area (Å²) in [4.78, 5) is 34.3. The van der Waals surface area contributed by atoms with Gasteiger partial charge in [-0.15, -0.1) is 0 Å². The van der Waals surface area contributed by atoms with E-state index in [9.17, 15) is 14.4 Å². The standard InChI is InChI=1S/C21H22N2O5/c1-21(16-10-6-3-7-11-16,20(22)15-8-4-2-5-9-15)23-17(24)14-28-19(27)13-12-18(25)26/h2-13,20H,14,22H2,1H3,(H,23,24)(H,25,26)/b13-12+. The van der Waals surface area contributed by atoms with Crippen molar-refractivity contribution >= 4 is 17.8 Å². The summed E-state index contributed by atoms with van der Waals surface area (Å²) in [6.45, 7) is 1.23. The largest absolute Gasteiger partial charge is 0.478 e. The number of nitrogens with two attached hydrogens (primary N) is 1. The number of hydrogen-bond acceptors (Lipinski definition) is 5. The average Bonchev–Trinajstić information content (AvgIpc) is 2.71. The van der Waals surface area contributed by atoms with E-state index < -0.39 is 36.0 Å². The zero-order chi connectivity index (χ0) is 20.6. The summed E-state index contributed by atoms with van der Waals surface area (Å²) in [5.74, 6) is -2.77. The van der Waals surface area contributed by atoms with Crippen LogP contribution in [0.3, 0.4) is 0 Å². The predicted octanol–water partition coefficient (Wildman–Crippen LogP) is 1.90.